The van der Waals surface area contributed by atoms with Crippen LogP contribution in [0.3, 0.4) is 0 Å². The molecule has 21 heavy (non-hydrogen) atoms. The average molecular weight is 319 g/mol. The highest BCUT2D eigenvalue weighted by molar-refractivity contribution is 6.36. The number of halogens is 2. The van der Waals surface area contributed by atoms with E-state index in [1.807, 2.05) is 0 Å². The molecule has 4 nitrogen and oxygen atoms in total. The summed E-state index contributed by atoms with van der Waals surface area (Å²) < 4.78 is 0. The smallest absolute Gasteiger partial charge is 0.259 e. The van der Waals surface area contributed by atoms with Crippen molar-refractivity contribution < 1.29 is 9.59 Å². The highest BCUT2D eigenvalue weighted by atomic mass is 35.5. The molecule has 0 saturated heterocycles. The number of fused-ring (bicyclic) bond motifs is 1. The van der Waals surface area contributed by atoms with Gasteiger partial charge in [-0.2, -0.15) is 0 Å². The third-order valence-electron chi connectivity index (χ3n) is 3.03. The number of carbonyl (C=O) groups is 2. The van der Waals surface area contributed by atoms with Gasteiger partial charge in [-0.1, -0.05) is 29.3 Å². The first-order valence-electron chi connectivity index (χ1n) is 6.03. The summed E-state index contributed by atoms with van der Waals surface area (Å²) in [7, 11) is 0. The molecular formula is C15H8Cl2N2O2. The van der Waals surface area contributed by atoms with Crippen molar-refractivity contribution in [1.29, 1.82) is 0 Å². The summed E-state index contributed by atoms with van der Waals surface area (Å²) in [5, 5.41) is 3.27. The van der Waals surface area contributed by atoms with Crippen molar-refractivity contribution >= 4 is 46.9 Å². The first kappa shape index (κ1) is 13.8. The lowest BCUT2D eigenvalue weighted by Crippen LogP contribution is -2.19. The van der Waals surface area contributed by atoms with Crippen LogP contribution in [0.25, 0.3) is 0 Å². The van der Waals surface area contributed by atoms with Gasteiger partial charge in [0.25, 0.3) is 11.8 Å². The number of imide groups is 1. The largest absolute Gasteiger partial charge is 0.288 e. The van der Waals surface area contributed by atoms with Crippen LogP contribution in [0.15, 0.2) is 41.4 Å². The Hall–Kier alpha value is -2.17. The molecule has 6 heteroatoms. The van der Waals surface area contributed by atoms with Crippen LogP contribution in [0, 0.1) is 0 Å². The molecule has 2 aromatic rings. The van der Waals surface area contributed by atoms with Gasteiger partial charge >= 0.3 is 0 Å². The molecule has 2 aromatic carbocycles. The number of benzene rings is 2. The third-order valence-corrected chi connectivity index (χ3v) is 3.60. The summed E-state index contributed by atoms with van der Waals surface area (Å²) in [4.78, 5) is 27.3. The third kappa shape index (κ3) is 2.68. The fourth-order valence-electron chi connectivity index (χ4n) is 1.99. The quantitative estimate of drug-likeness (QED) is 0.679. The molecule has 0 bridgehead atoms. The molecule has 3 rings (SSSR count). The summed E-state index contributed by atoms with van der Waals surface area (Å²) in [5.74, 6) is -0.789. The van der Waals surface area contributed by atoms with E-state index in [-0.39, 0.29) is 5.91 Å². The van der Waals surface area contributed by atoms with Crippen LogP contribution in [0.4, 0.5) is 5.69 Å². The summed E-state index contributed by atoms with van der Waals surface area (Å²) in [6.07, 6.45) is 1.58. The van der Waals surface area contributed by atoms with Crippen LogP contribution in [0.5, 0.6) is 0 Å². The Morgan fingerprint density at radius 3 is 2.48 bits per heavy atom. The Morgan fingerprint density at radius 2 is 1.71 bits per heavy atom. The molecule has 1 aliphatic heterocycles. The van der Waals surface area contributed by atoms with Gasteiger partial charge in [0.05, 0.1) is 21.8 Å². The summed E-state index contributed by atoms with van der Waals surface area (Å²) >= 11 is 11.9. The first-order chi connectivity index (χ1) is 10.0. The fraction of sp³-hybridized carbons (Fsp3) is 0. The summed E-state index contributed by atoms with van der Waals surface area (Å²) in [6.45, 7) is 0. The second-order valence-corrected chi connectivity index (χ2v) is 5.28. The number of aliphatic imine (C=N–C) groups is 1. The molecule has 1 aliphatic rings. The summed E-state index contributed by atoms with van der Waals surface area (Å²) in [5.41, 5.74) is 1.96. The highest BCUT2D eigenvalue weighted by Gasteiger charge is 2.26. The van der Waals surface area contributed by atoms with E-state index in [9.17, 15) is 9.59 Å². The Balaban J connectivity index is 1.92. The number of amides is 2. The molecule has 0 aliphatic carbocycles. The van der Waals surface area contributed by atoms with Crippen molar-refractivity contribution in [3.63, 3.8) is 0 Å². The van der Waals surface area contributed by atoms with E-state index in [2.05, 4.69) is 10.3 Å². The zero-order valence-electron chi connectivity index (χ0n) is 10.6. The molecular weight excluding hydrogens is 311 g/mol. The van der Waals surface area contributed by atoms with Gasteiger partial charge in [0.15, 0.2) is 0 Å². The maximum atomic E-state index is 11.6. The SMILES string of the molecule is O=C1NC(=O)c2cc(N=Cc3ccc(Cl)cc3Cl)ccc21. The minimum atomic E-state index is -0.406. The van der Waals surface area contributed by atoms with Crippen molar-refractivity contribution in [2.24, 2.45) is 4.99 Å². The molecule has 0 spiro atoms. The number of nitrogens with one attached hydrogen (secondary N) is 1. The Kier molecular flexibility index (Phi) is 3.49. The number of rotatable bonds is 2. The zero-order chi connectivity index (χ0) is 15.0. The predicted octanol–water partition coefficient (Wildman–Crippen LogP) is 3.63. The monoisotopic (exact) mass is 318 g/mol. The molecule has 104 valence electrons. The van der Waals surface area contributed by atoms with Crippen LogP contribution in [-0.2, 0) is 0 Å². The minimum absolute atomic E-state index is 0.330. The van der Waals surface area contributed by atoms with E-state index < -0.39 is 5.91 Å². The van der Waals surface area contributed by atoms with Gasteiger partial charge < -0.3 is 0 Å². The Labute approximate surface area is 130 Å². The van der Waals surface area contributed by atoms with Crippen molar-refractivity contribution in [1.82, 2.24) is 5.32 Å². The maximum absolute atomic E-state index is 11.6. The van der Waals surface area contributed by atoms with Gasteiger partial charge in [0, 0.05) is 16.8 Å². The van der Waals surface area contributed by atoms with Crippen LogP contribution in [0.2, 0.25) is 10.0 Å². The van der Waals surface area contributed by atoms with Gasteiger partial charge in [-0.25, -0.2) is 0 Å². The van der Waals surface area contributed by atoms with E-state index in [0.29, 0.717) is 32.4 Å². The van der Waals surface area contributed by atoms with Crippen LogP contribution < -0.4 is 5.32 Å². The summed E-state index contributed by atoms with van der Waals surface area (Å²) in [6, 6.07) is 9.89. The number of hydrogen-bond acceptors (Lipinski definition) is 3. The van der Waals surface area contributed by atoms with Gasteiger partial charge in [-0.3, -0.25) is 19.9 Å². The molecule has 0 aromatic heterocycles. The fourth-order valence-corrected chi connectivity index (χ4v) is 2.44. The lowest BCUT2D eigenvalue weighted by Gasteiger charge is -1.99. The van der Waals surface area contributed by atoms with Gasteiger partial charge in [0.1, 0.15) is 0 Å². The topological polar surface area (TPSA) is 58.5 Å². The van der Waals surface area contributed by atoms with Crippen LogP contribution in [0.1, 0.15) is 26.3 Å². The molecule has 2 amide bonds. The van der Waals surface area contributed by atoms with Gasteiger partial charge in [0.2, 0.25) is 0 Å². The zero-order valence-corrected chi connectivity index (χ0v) is 12.1. The number of nitrogens with zero attached hydrogens (tertiary/aromatic N) is 1. The van der Waals surface area contributed by atoms with E-state index >= 15 is 0 Å². The molecule has 0 unspecified atom stereocenters. The minimum Gasteiger partial charge on any atom is -0.288 e. The molecule has 0 saturated carbocycles. The van der Waals surface area contributed by atoms with E-state index in [1.165, 1.54) is 0 Å². The highest BCUT2D eigenvalue weighted by Crippen LogP contribution is 2.23. The standard InChI is InChI=1S/C15H8Cl2N2O2/c16-9-2-1-8(13(17)5-9)7-18-10-3-4-11-12(6-10)15(21)19-14(11)20/h1-7H,(H,19,20,21). The van der Waals surface area contributed by atoms with Crippen LogP contribution >= 0.6 is 23.2 Å². The average Bonchev–Trinajstić information content (AvgIpc) is 2.73. The van der Waals surface area contributed by atoms with Crippen molar-refractivity contribution in [3.8, 4) is 0 Å². The van der Waals surface area contributed by atoms with Crippen molar-refractivity contribution in [2.75, 3.05) is 0 Å². The predicted molar refractivity (Wildman–Crippen MR) is 82.0 cm³/mol. The normalized spacial score (nSPS) is 13.6. The number of carbonyl (C=O) groups excluding carboxylic acids is 2. The van der Waals surface area contributed by atoms with Gasteiger partial charge in [-0.05, 0) is 30.3 Å². The van der Waals surface area contributed by atoms with Crippen LogP contribution in [-0.4, -0.2) is 18.0 Å². The second kappa shape index (κ2) is 5.31. The maximum Gasteiger partial charge on any atom is 0.259 e. The van der Waals surface area contributed by atoms with Crippen molar-refractivity contribution in [3.05, 3.63) is 63.1 Å². The van der Waals surface area contributed by atoms with E-state index in [1.54, 1.807) is 42.6 Å². The molecule has 0 fully saturated rings. The first-order valence-corrected chi connectivity index (χ1v) is 6.79. The molecule has 1 heterocycles. The number of hydrogen-bond donors (Lipinski definition) is 1. The molecule has 1 N–H and O–H groups in total. The lowest BCUT2D eigenvalue weighted by atomic mass is 10.1. The van der Waals surface area contributed by atoms with E-state index in [4.69, 9.17) is 23.2 Å². The van der Waals surface area contributed by atoms with Gasteiger partial charge in [-0.15, -0.1) is 0 Å². The Bertz CT molecular complexity index is 800. The Morgan fingerprint density at radius 1 is 0.952 bits per heavy atom. The molecule has 0 atom stereocenters. The van der Waals surface area contributed by atoms with Crippen molar-refractivity contribution in [2.45, 2.75) is 0 Å². The van der Waals surface area contributed by atoms with E-state index in [0.717, 1.165) is 0 Å². The molecule has 0 radical (unpaired) electrons. The second-order valence-electron chi connectivity index (χ2n) is 4.44. The lowest BCUT2D eigenvalue weighted by molar-refractivity contribution is 0.0879.